The first-order valence-corrected chi connectivity index (χ1v) is 6.19. The molecule has 2 aliphatic heterocycles. The minimum atomic E-state index is 0.553. The highest BCUT2D eigenvalue weighted by molar-refractivity contribution is 5.56. The summed E-state index contributed by atoms with van der Waals surface area (Å²) in [5.74, 6) is 1.56. The van der Waals surface area contributed by atoms with E-state index in [0.717, 1.165) is 43.7 Å². The van der Waals surface area contributed by atoms with Crippen LogP contribution in [0.4, 0.5) is 5.69 Å². The van der Waals surface area contributed by atoms with Crippen molar-refractivity contribution < 1.29 is 0 Å². The lowest BCUT2D eigenvalue weighted by Gasteiger charge is -2.36. The van der Waals surface area contributed by atoms with Crippen LogP contribution in [0, 0.1) is 23.2 Å². The van der Waals surface area contributed by atoms with E-state index in [1.54, 1.807) is 6.20 Å². The molecule has 1 aromatic rings. The second kappa shape index (κ2) is 4.34. The largest absolute Gasteiger partial charge is 0.369 e. The van der Waals surface area contributed by atoms with E-state index in [1.807, 2.05) is 12.1 Å². The first-order valence-electron chi connectivity index (χ1n) is 6.19. The Morgan fingerprint density at radius 3 is 3.18 bits per heavy atom. The molecule has 3 rings (SSSR count). The molecule has 3 heterocycles. The molecular formula is C13H16N4. The fourth-order valence-corrected chi connectivity index (χ4v) is 2.99. The molecule has 2 saturated heterocycles. The first-order chi connectivity index (χ1) is 8.38. The lowest BCUT2D eigenvalue weighted by atomic mass is 9.88. The summed E-state index contributed by atoms with van der Waals surface area (Å²) < 4.78 is 0. The van der Waals surface area contributed by atoms with Crippen molar-refractivity contribution in [2.24, 2.45) is 11.8 Å². The van der Waals surface area contributed by atoms with Gasteiger partial charge in [0.2, 0.25) is 0 Å². The van der Waals surface area contributed by atoms with Crippen molar-refractivity contribution in [1.82, 2.24) is 10.3 Å². The van der Waals surface area contributed by atoms with Crippen molar-refractivity contribution in [3.05, 3.63) is 24.0 Å². The van der Waals surface area contributed by atoms with Crippen molar-refractivity contribution in [1.29, 1.82) is 5.26 Å². The average molecular weight is 228 g/mol. The molecule has 4 nitrogen and oxygen atoms in total. The fraction of sp³-hybridized carbons (Fsp3) is 0.538. The van der Waals surface area contributed by atoms with E-state index in [9.17, 15) is 0 Å². The van der Waals surface area contributed by atoms with Crippen LogP contribution in [0.25, 0.3) is 0 Å². The molecule has 2 atom stereocenters. The Balaban J connectivity index is 1.83. The summed E-state index contributed by atoms with van der Waals surface area (Å²) in [6.45, 7) is 4.38. The number of rotatable bonds is 1. The maximum atomic E-state index is 9.08. The number of pyridine rings is 1. The highest BCUT2D eigenvalue weighted by Crippen LogP contribution is 2.30. The SMILES string of the molecule is N#Cc1ncccc1N1CCC2CNCC2C1. The van der Waals surface area contributed by atoms with Gasteiger partial charge in [-0.05, 0) is 43.5 Å². The molecule has 88 valence electrons. The summed E-state index contributed by atoms with van der Waals surface area (Å²) in [6.07, 6.45) is 2.91. The van der Waals surface area contributed by atoms with Gasteiger partial charge in [-0.15, -0.1) is 0 Å². The second-order valence-electron chi connectivity index (χ2n) is 4.90. The predicted octanol–water partition coefficient (Wildman–Crippen LogP) is 0.999. The first kappa shape index (κ1) is 10.5. The van der Waals surface area contributed by atoms with Crippen molar-refractivity contribution in [3.8, 4) is 6.07 Å². The smallest absolute Gasteiger partial charge is 0.163 e. The molecule has 1 N–H and O–H groups in total. The molecule has 0 aliphatic carbocycles. The molecule has 4 heteroatoms. The third-order valence-electron chi connectivity index (χ3n) is 3.94. The number of aromatic nitrogens is 1. The molecule has 17 heavy (non-hydrogen) atoms. The second-order valence-corrected chi connectivity index (χ2v) is 4.90. The van der Waals surface area contributed by atoms with Crippen molar-refractivity contribution in [2.75, 3.05) is 31.1 Å². The van der Waals surface area contributed by atoms with E-state index >= 15 is 0 Å². The Morgan fingerprint density at radius 1 is 1.41 bits per heavy atom. The number of hydrogen-bond donors (Lipinski definition) is 1. The van der Waals surface area contributed by atoms with Gasteiger partial charge in [0.1, 0.15) is 6.07 Å². The molecule has 0 amide bonds. The van der Waals surface area contributed by atoms with Gasteiger partial charge in [0.15, 0.2) is 5.69 Å². The van der Waals surface area contributed by atoms with Crippen LogP contribution in [-0.2, 0) is 0 Å². The van der Waals surface area contributed by atoms with Gasteiger partial charge < -0.3 is 10.2 Å². The number of anilines is 1. The number of nitrogens with one attached hydrogen (secondary N) is 1. The number of fused-ring (bicyclic) bond motifs is 1. The van der Waals surface area contributed by atoms with Gasteiger partial charge in [-0.25, -0.2) is 4.98 Å². The van der Waals surface area contributed by atoms with E-state index in [-0.39, 0.29) is 0 Å². The van der Waals surface area contributed by atoms with Crippen LogP contribution in [-0.4, -0.2) is 31.2 Å². The van der Waals surface area contributed by atoms with Gasteiger partial charge >= 0.3 is 0 Å². The summed E-state index contributed by atoms with van der Waals surface area (Å²) in [5, 5.41) is 12.5. The normalized spacial score (nSPS) is 27.6. The van der Waals surface area contributed by atoms with E-state index in [1.165, 1.54) is 6.42 Å². The van der Waals surface area contributed by atoms with Crippen molar-refractivity contribution >= 4 is 5.69 Å². The van der Waals surface area contributed by atoms with E-state index < -0.39 is 0 Å². The fourth-order valence-electron chi connectivity index (χ4n) is 2.99. The van der Waals surface area contributed by atoms with Crippen LogP contribution >= 0.6 is 0 Å². The summed E-state index contributed by atoms with van der Waals surface area (Å²) in [4.78, 5) is 6.46. The van der Waals surface area contributed by atoms with Crippen LogP contribution in [0.2, 0.25) is 0 Å². The van der Waals surface area contributed by atoms with Gasteiger partial charge in [0.25, 0.3) is 0 Å². The van der Waals surface area contributed by atoms with Crippen LogP contribution in [0.15, 0.2) is 18.3 Å². The molecule has 0 radical (unpaired) electrons. The van der Waals surface area contributed by atoms with Gasteiger partial charge in [-0.1, -0.05) is 0 Å². The van der Waals surface area contributed by atoms with Crippen molar-refractivity contribution in [3.63, 3.8) is 0 Å². The number of hydrogen-bond acceptors (Lipinski definition) is 4. The number of nitrogens with zero attached hydrogens (tertiary/aromatic N) is 3. The van der Waals surface area contributed by atoms with Gasteiger partial charge in [-0.3, -0.25) is 0 Å². The van der Waals surface area contributed by atoms with Crippen LogP contribution in [0.3, 0.4) is 0 Å². The Bertz CT molecular complexity index is 451. The van der Waals surface area contributed by atoms with Gasteiger partial charge in [0.05, 0.1) is 5.69 Å². The molecule has 0 spiro atoms. The molecular weight excluding hydrogens is 212 g/mol. The molecule has 1 aromatic heterocycles. The molecule has 2 fully saturated rings. The molecule has 0 aromatic carbocycles. The molecule has 0 saturated carbocycles. The van der Waals surface area contributed by atoms with E-state index in [2.05, 4.69) is 21.3 Å². The van der Waals surface area contributed by atoms with Crippen LogP contribution < -0.4 is 10.2 Å². The lowest BCUT2D eigenvalue weighted by molar-refractivity contribution is 0.348. The Morgan fingerprint density at radius 2 is 2.29 bits per heavy atom. The third kappa shape index (κ3) is 1.87. The summed E-state index contributed by atoms with van der Waals surface area (Å²) in [5.41, 5.74) is 1.55. The third-order valence-corrected chi connectivity index (χ3v) is 3.94. The van der Waals surface area contributed by atoms with Crippen LogP contribution in [0.1, 0.15) is 12.1 Å². The summed E-state index contributed by atoms with van der Waals surface area (Å²) in [6, 6.07) is 6.10. The Labute approximate surface area is 101 Å². The van der Waals surface area contributed by atoms with Gasteiger partial charge in [-0.2, -0.15) is 5.26 Å². The number of nitriles is 1. The average Bonchev–Trinajstić information content (AvgIpc) is 2.85. The summed E-state index contributed by atoms with van der Waals surface area (Å²) >= 11 is 0. The lowest BCUT2D eigenvalue weighted by Crippen LogP contribution is -2.40. The molecule has 0 bridgehead atoms. The monoisotopic (exact) mass is 228 g/mol. The number of piperidine rings is 1. The zero-order valence-corrected chi connectivity index (χ0v) is 9.76. The van der Waals surface area contributed by atoms with Crippen molar-refractivity contribution in [2.45, 2.75) is 6.42 Å². The maximum absolute atomic E-state index is 9.08. The highest BCUT2D eigenvalue weighted by Gasteiger charge is 2.33. The topological polar surface area (TPSA) is 52.0 Å². The minimum Gasteiger partial charge on any atom is -0.369 e. The standard InChI is InChI=1S/C13H16N4/c14-6-12-13(2-1-4-16-12)17-5-3-10-7-15-8-11(10)9-17/h1-2,4,10-11,15H,3,5,7-9H2. The summed E-state index contributed by atoms with van der Waals surface area (Å²) in [7, 11) is 0. The Kier molecular flexibility index (Phi) is 2.69. The molecule has 2 aliphatic rings. The van der Waals surface area contributed by atoms with E-state index in [4.69, 9.17) is 5.26 Å². The zero-order valence-electron chi connectivity index (χ0n) is 9.76. The minimum absolute atomic E-state index is 0.553. The van der Waals surface area contributed by atoms with Gasteiger partial charge in [0, 0.05) is 19.3 Å². The predicted molar refractivity (Wildman–Crippen MR) is 65.6 cm³/mol. The quantitative estimate of drug-likeness (QED) is 0.779. The highest BCUT2D eigenvalue weighted by atomic mass is 15.2. The Hall–Kier alpha value is -1.60. The van der Waals surface area contributed by atoms with Crippen LogP contribution in [0.5, 0.6) is 0 Å². The van der Waals surface area contributed by atoms with E-state index in [0.29, 0.717) is 5.69 Å². The maximum Gasteiger partial charge on any atom is 0.163 e. The molecule has 2 unspecified atom stereocenters. The zero-order chi connectivity index (χ0) is 11.7.